The fourth-order valence-corrected chi connectivity index (χ4v) is 3.85. The van der Waals surface area contributed by atoms with Gasteiger partial charge in [0.1, 0.15) is 6.54 Å². The maximum Gasteiger partial charge on any atom is 0.242 e. The van der Waals surface area contributed by atoms with Crippen LogP contribution in [0.5, 0.6) is 0 Å². The highest BCUT2D eigenvalue weighted by Crippen LogP contribution is 2.16. The van der Waals surface area contributed by atoms with Gasteiger partial charge in [0, 0.05) is 42.6 Å². The number of carbonyl (C=O) groups is 2. The largest absolute Gasteiger partial charge is 0.339 e. The molecule has 0 radical (unpaired) electrons. The molecule has 0 spiro atoms. The lowest BCUT2D eigenvalue weighted by molar-refractivity contribution is -0.141. The summed E-state index contributed by atoms with van der Waals surface area (Å²) in [5.74, 6) is -0.0519. The summed E-state index contributed by atoms with van der Waals surface area (Å²) in [7, 11) is 0. The Balaban J connectivity index is 1.71. The Morgan fingerprint density at radius 1 is 1.19 bits per heavy atom. The van der Waals surface area contributed by atoms with Crippen LogP contribution in [0.3, 0.4) is 0 Å². The van der Waals surface area contributed by atoms with Crippen LogP contribution in [0.2, 0.25) is 5.02 Å². The van der Waals surface area contributed by atoms with Crippen molar-refractivity contribution in [1.82, 2.24) is 15.1 Å². The van der Waals surface area contributed by atoms with E-state index in [1.165, 1.54) is 0 Å². The van der Waals surface area contributed by atoms with Crippen molar-refractivity contribution < 1.29 is 9.59 Å². The fourth-order valence-electron chi connectivity index (χ4n) is 2.94. The van der Waals surface area contributed by atoms with Crippen LogP contribution in [0.25, 0.3) is 0 Å². The second kappa shape index (κ2) is 9.16. The van der Waals surface area contributed by atoms with E-state index < -0.39 is 0 Å². The molecule has 26 heavy (non-hydrogen) atoms. The van der Waals surface area contributed by atoms with E-state index in [-0.39, 0.29) is 18.4 Å². The van der Waals surface area contributed by atoms with Crippen molar-refractivity contribution in [3.63, 3.8) is 0 Å². The summed E-state index contributed by atoms with van der Waals surface area (Å²) < 4.78 is 0. The Kier molecular flexibility index (Phi) is 6.66. The van der Waals surface area contributed by atoms with Crippen molar-refractivity contribution in [2.45, 2.75) is 13.0 Å². The highest BCUT2D eigenvalue weighted by molar-refractivity contribution is 7.10. The summed E-state index contributed by atoms with van der Waals surface area (Å²) in [6, 6.07) is 11.3. The molecule has 7 heteroatoms. The molecule has 138 valence electrons. The molecular formula is C19H22ClN3O2S. The van der Waals surface area contributed by atoms with Crippen LogP contribution < -0.4 is 5.32 Å². The first-order chi connectivity index (χ1) is 12.6. The number of nitrogens with one attached hydrogen (secondary N) is 1. The van der Waals surface area contributed by atoms with Gasteiger partial charge in [-0.2, -0.15) is 0 Å². The molecule has 1 aliphatic rings. The predicted molar refractivity (Wildman–Crippen MR) is 104 cm³/mol. The molecule has 0 aliphatic carbocycles. The lowest BCUT2D eigenvalue weighted by atomic mass is 10.2. The van der Waals surface area contributed by atoms with Gasteiger partial charge in [-0.1, -0.05) is 29.8 Å². The summed E-state index contributed by atoms with van der Waals surface area (Å²) in [6.45, 7) is 3.43. The molecule has 1 aliphatic heterocycles. The van der Waals surface area contributed by atoms with E-state index >= 15 is 0 Å². The maximum absolute atomic E-state index is 12.8. The molecule has 2 heterocycles. The average molecular weight is 392 g/mol. The molecule has 2 amide bonds. The van der Waals surface area contributed by atoms with Gasteiger partial charge in [-0.05, 0) is 29.1 Å². The van der Waals surface area contributed by atoms with Crippen molar-refractivity contribution in [3.8, 4) is 0 Å². The van der Waals surface area contributed by atoms with Crippen LogP contribution in [-0.4, -0.2) is 54.3 Å². The van der Waals surface area contributed by atoms with Gasteiger partial charge >= 0.3 is 0 Å². The van der Waals surface area contributed by atoms with Gasteiger partial charge in [0.15, 0.2) is 0 Å². The fraction of sp³-hybridized carbons (Fsp3) is 0.368. The van der Waals surface area contributed by atoms with Crippen molar-refractivity contribution >= 4 is 34.8 Å². The molecule has 0 atom stereocenters. The highest BCUT2D eigenvalue weighted by Gasteiger charge is 2.23. The smallest absolute Gasteiger partial charge is 0.242 e. The van der Waals surface area contributed by atoms with E-state index in [1.807, 2.05) is 40.6 Å². The van der Waals surface area contributed by atoms with Crippen LogP contribution in [0, 0.1) is 0 Å². The molecule has 1 fully saturated rings. The normalized spacial score (nSPS) is 14.3. The third kappa shape index (κ3) is 5.30. The van der Waals surface area contributed by atoms with Crippen molar-refractivity contribution in [3.05, 3.63) is 57.2 Å². The van der Waals surface area contributed by atoms with Gasteiger partial charge in [0.2, 0.25) is 11.8 Å². The Hall–Kier alpha value is -1.89. The number of hydrogen-bond acceptors (Lipinski definition) is 4. The van der Waals surface area contributed by atoms with Crippen LogP contribution in [0.4, 0.5) is 0 Å². The number of thiophene rings is 1. The minimum absolute atomic E-state index is 0.00643. The Morgan fingerprint density at radius 3 is 2.69 bits per heavy atom. The zero-order valence-corrected chi connectivity index (χ0v) is 16.1. The van der Waals surface area contributed by atoms with Crippen molar-refractivity contribution in [2.24, 2.45) is 0 Å². The van der Waals surface area contributed by atoms with E-state index in [0.29, 0.717) is 31.1 Å². The van der Waals surface area contributed by atoms with Gasteiger partial charge in [-0.25, -0.2) is 0 Å². The summed E-state index contributed by atoms with van der Waals surface area (Å²) in [6.07, 6.45) is 0.313. The average Bonchev–Trinajstić information content (AvgIpc) is 3.15. The van der Waals surface area contributed by atoms with Gasteiger partial charge < -0.3 is 15.1 Å². The monoisotopic (exact) mass is 391 g/mol. The number of benzene rings is 1. The van der Waals surface area contributed by atoms with E-state index in [4.69, 9.17) is 11.6 Å². The maximum atomic E-state index is 12.8. The number of amides is 2. The van der Waals surface area contributed by atoms with Gasteiger partial charge in [-0.15, -0.1) is 11.3 Å². The Bertz CT molecular complexity index is 745. The van der Waals surface area contributed by atoms with Crippen molar-refractivity contribution in [2.75, 3.05) is 32.7 Å². The number of carbonyl (C=O) groups excluding carboxylic acids is 2. The number of piperazine rings is 1. The van der Waals surface area contributed by atoms with Crippen LogP contribution in [0.1, 0.15) is 10.4 Å². The van der Waals surface area contributed by atoms with Crippen molar-refractivity contribution in [1.29, 1.82) is 0 Å². The molecule has 1 aromatic carbocycles. The molecule has 0 bridgehead atoms. The summed E-state index contributed by atoms with van der Waals surface area (Å²) in [5.41, 5.74) is 0.921. The molecule has 1 saturated heterocycles. The minimum Gasteiger partial charge on any atom is -0.339 e. The number of rotatable bonds is 6. The molecule has 5 nitrogen and oxygen atoms in total. The Morgan fingerprint density at radius 2 is 2.00 bits per heavy atom. The van der Waals surface area contributed by atoms with Gasteiger partial charge in [0.05, 0.1) is 6.42 Å². The number of halogens is 1. The third-order valence-electron chi connectivity index (χ3n) is 4.32. The first kappa shape index (κ1) is 18.9. The number of nitrogens with zero attached hydrogens (tertiary/aromatic N) is 2. The summed E-state index contributed by atoms with van der Waals surface area (Å²) in [4.78, 5) is 29.9. The summed E-state index contributed by atoms with van der Waals surface area (Å²) >= 11 is 7.62. The van der Waals surface area contributed by atoms with E-state index in [1.54, 1.807) is 22.3 Å². The second-order valence-corrected chi connectivity index (χ2v) is 7.74. The molecule has 0 unspecified atom stereocenters. The standard InChI is InChI=1S/C19H22ClN3O2S/c20-16-4-1-3-15(11-16)13-23(18(24)12-17-5-2-10-26-17)14-19(25)22-8-6-21-7-9-22/h1-5,10-11,21H,6-9,12-14H2. The first-order valence-electron chi connectivity index (χ1n) is 8.65. The SMILES string of the molecule is O=C(CN(Cc1cccc(Cl)c1)C(=O)Cc1cccs1)N1CCNCC1. The second-order valence-electron chi connectivity index (χ2n) is 6.27. The Labute approximate surface area is 162 Å². The molecular weight excluding hydrogens is 370 g/mol. The van der Waals surface area contributed by atoms with Gasteiger partial charge in [0.25, 0.3) is 0 Å². The predicted octanol–water partition coefficient (Wildman–Crippen LogP) is 2.40. The minimum atomic E-state index is -0.0455. The van der Waals surface area contributed by atoms with E-state index in [0.717, 1.165) is 23.5 Å². The topological polar surface area (TPSA) is 52.7 Å². The summed E-state index contributed by atoms with van der Waals surface area (Å²) in [5, 5.41) is 5.81. The van der Waals surface area contributed by atoms with E-state index in [9.17, 15) is 9.59 Å². The first-order valence-corrected chi connectivity index (χ1v) is 9.90. The zero-order chi connectivity index (χ0) is 18.4. The molecule has 3 rings (SSSR count). The number of hydrogen-bond donors (Lipinski definition) is 1. The highest BCUT2D eigenvalue weighted by atomic mass is 35.5. The molecule has 0 saturated carbocycles. The van der Waals surface area contributed by atoms with Crippen LogP contribution >= 0.6 is 22.9 Å². The lowest BCUT2D eigenvalue weighted by Gasteiger charge is -2.30. The van der Waals surface area contributed by atoms with Crippen LogP contribution in [-0.2, 0) is 22.6 Å². The lowest BCUT2D eigenvalue weighted by Crippen LogP contribution is -2.50. The molecule has 1 aromatic heterocycles. The van der Waals surface area contributed by atoms with E-state index in [2.05, 4.69) is 5.32 Å². The quantitative estimate of drug-likeness (QED) is 0.822. The third-order valence-corrected chi connectivity index (χ3v) is 5.43. The molecule has 1 N–H and O–H groups in total. The molecule has 2 aromatic rings. The zero-order valence-electron chi connectivity index (χ0n) is 14.5. The van der Waals surface area contributed by atoms with Gasteiger partial charge in [-0.3, -0.25) is 9.59 Å². The van der Waals surface area contributed by atoms with Crippen LogP contribution in [0.15, 0.2) is 41.8 Å².